The van der Waals surface area contributed by atoms with Crippen molar-refractivity contribution in [3.05, 3.63) is 48.4 Å². The molecule has 0 aliphatic heterocycles. The first-order chi connectivity index (χ1) is 7.81. The Bertz CT molecular complexity index is 485. The van der Waals surface area contributed by atoms with Gasteiger partial charge in [-0.05, 0) is 12.1 Å². The summed E-state index contributed by atoms with van der Waals surface area (Å²) in [7, 11) is 1.90. The third-order valence-corrected chi connectivity index (χ3v) is 2.28. The Balaban J connectivity index is 2.34. The number of anilines is 2. The van der Waals surface area contributed by atoms with E-state index >= 15 is 0 Å². The first kappa shape index (κ1) is 10.3. The van der Waals surface area contributed by atoms with Gasteiger partial charge in [-0.25, -0.2) is 9.97 Å². The van der Waals surface area contributed by atoms with Crippen molar-refractivity contribution in [2.45, 2.75) is 0 Å². The second kappa shape index (κ2) is 4.53. The van der Waals surface area contributed by atoms with Crippen molar-refractivity contribution in [2.24, 2.45) is 0 Å². The van der Waals surface area contributed by atoms with Crippen LogP contribution in [0, 0.1) is 0 Å². The highest BCUT2D eigenvalue weighted by atomic mass is 16.1. The van der Waals surface area contributed by atoms with Crippen molar-refractivity contribution in [1.29, 1.82) is 0 Å². The minimum absolute atomic E-state index is 0.382. The first-order valence-corrected chi connectivity index (χ1v) is 4.87. The molecular weight excluding hydrogens is 202 g/mol. The van der Waals surface area contributed by atoms with Crippen LogP contribution in [0.5, 0.6) is 0 Å². The van der Waals surface area contributed by atoms with E-state index in [4.69, 9.17) is 0 Å². The zero-order valence-corrected chi connectivity index (χ0v) is 8.87. The molecule has 0 atom stereocenters. The average molecular weight is 213 g/mol. The molecule has 2 aromatic rings. The number of hydrogen-bond acceptors (Lipinski definition) is 4. The summed E-state index contributed by atoms with van der Waals surface area (Å²) in [6, 6.07) is 11.5. The van der Waals surface area contributed by atoms with Crippen molar-refractivity contribution in [2.75, 3.05) is 11.9 Å². The predicted octanol–water partition coefficient (Wildman–Crippen LogP) is 2.06. The van der Waals surface area contributed by atoms with Gasteiger partial charge in [-0.2, -0.15) is 0 Å². The van der Waals surface area contributed by atoms with Crippen molar-refractivity contribution in [3.8, 4) is 0 Å². The second-order valence-corrected chi connectivity index (χ2v) is 3.31. The lowest BCUT2D eigenvalue weighted by atomic mass is 10.3. The van der Waals surface area contributed by atoms with Gasteiger partial charge in [0.1, 0.15) is 17.8 Å². The number of aromatic nitrogens is 2. The van der Waals surface area contributed by atoms with E-state index in [2.05, 4.69) is 9.97 Å². The number of benzene rings is 1. The van der Waals surface area contributed by atoms with Crippen LogP contribution in [-0.4, -0.2) is 23.3 Å². The zero-order chi connectivity index (χ0) is 11.4. The molecule has 4 nitrogen and oxygen atoms in total. The topological polar surface area (TPSA) is 46.1 Å². The number of para-hydroxylation sites is 1. The van der Waals surface area contributed by atoms with Crippen LogP contribution in [0.1, 0.15) is 10.5 Å². The van der Waals surface area contributed by atoms with Gasteiger partial charge in [0.15, 0.2) is 6.29 Å². The van der Waals surface area contributed by atoms with Gasteiger partial charge in [0, 0.05) is 18.8 Å². The average Bonchev–Trinajstić information content (AvgIpc) is 2.39. The Labute approximate surface area is 93.6 Å². The maximum atomic E-state index is 10.6. The molecule has 1 heterocycles. The van der Waals surface area contributed by atoms with Crippen LogP contribution in [0.25, 0.3) is 0 Å². The summed E-state index contributed by atoms with van der Waals surface area (Å²) in [6.45, 7) is 0. The molecule has 1 aromatic carbocycles. The molecule has 0 radical (unpaired) electrons. The van der Waals surface area contributed by atoms with E-state index in [1.54, 1.807) is 6.07 Å². The smallest absolute Gasteiger partial charge is 0.168 e. The van der Waals surface area contributed by atoms with Gasteiger partial charge in [-0.3, -0.25) is 4.79 Å². The maximum absolute atomic E-state index is 10.6. The third kappa shape index (κ3) is 2.06. The van der Waals surface area contributed by atoms with Gasteiger partial charge in [-0.1, -0.05) is 18.2 Å². The molecule has 1 aromatic heterocycles. The Morgan fingerprint density at radius 3 is 2.62 bits per heavy atom. The quantitative estimate of drug-likeness (QED) is 0.732. The Hall–Kier alpha value is -2.23. The van der Waals surface area contributed by atoms with E-state index in [0.29, 0.717) is 17.8 Å². The number of aldehydes is 1. The number of nitrogens with zero attached hydrogens (tertiary/aromatic N) is 3. The molecule has 0 aliphatic rings. The number of hydrogen-bond donors (Lipinski definition) is 0. The van der Waals surface area contributed by atoms with E-state index in [0.717, 1.165) is 5.69 Å². The summed E-state index contributed by atoms with van der Waals surface area (Å²) in [4.78, 5) is 20.5. The summed E-state index contributed by atoms with van der Waals surface area (Å²) in [5.41, 5.74) is 1.39. The lowest BCUT2D eigenvalue weighted by molar-refractivity contribution is 0.111. The van der Waals surface area contributed by atoms with Crippen LogP contribution < -0.4 is 4.90 Å². The summed E-state index contributed by atoms with van der Waals surface area (Å²) in [5.74, 6) is 0.698. The predicted molar refractivity (Wildman–Crippen MR) is 61.9 cm³/mol. The molecule has 0 bridgehead atoms. The molecule has 0 amide bonds. The van der Waals surface area contributed by atoms with E-state index in [1.165, 1.54) is 6.33 Å². The SMILES string of the molecule is CN(c1ccccc1)c1cc(C=O)ncn1. The maximum Gasteiger partial charge on any atom is 0.168 e. The van der Waals surface area contributed by atoms with Crippen LogP contribution >= 0.6 is 0 Å². The van der Waals surface area contributed by atoms with E-state index in [-0.39, 0.29) is 0 Å². The molecule has 0 unspecified atom stereocenters. The summed E-state index contributed by atoms with van der Waals surface area (Å²) in [6.07, 6.45) is 2.10. The highest BCUT2D eigenvalue weighted by molar-refractivity contribution is 5.74. The van der Waals surface area contributed by atoms with Crippen LogP contribution in [-0.2, 0) is 0 Å². The van der Waals surface area contributed by atoms with Crippen LogP contribution in [0.2, 0.25) is 0 Å². The minimum atomic E-state index is 0.382. The van der Waals surface area contributed by atoms with Gasteiger partial charge in [0.2, 0.25) is 0 Å². The highest BCUT2D eigenvalue weighted by Crippen LogP contribution is 2.20. The summed E-state index contributed by atoms with van der Waals surface area (Å²) >= 11 is 0. The molecular formula is C12H11N3O. The normalized spacial score (nSPS) is 9.81. The van der Waals surface area contributed by atoms with Crippen molar-refractivity contribution in [3.63, 3.8) is 0 Å². The Morgan fingerprint density at radius 1 is 1.19 bits per heavy atom. The number of carbonyl (C=O) groups excluding carboxylic acids is 1. The fourth-order valence-corrected chi connectivity index (χ4v) is 1.39. The van der Waals surface area contributed by atoms with Crippen LogP contribution in [0.15, 0.2) is 42.7 Å². The van der Waals surface area contributed by atoms with Crippen LogP contribution in [0.3, 0.4) is 0 Å². The fraction of sp³-hybridized carbons (Fsp3) is 0.0833. The van der Waals surface area contributed by atoms with Gasteiger partial charge in [0.05, 0.1) is 0 Å². The lowest BCUT2D eigenvalue weighted by Gasteiger charge is -2.17. The van der Waals surface area contributed by atoms with Gasteiger partial charge in [0.25, 0.3) is 0 Å². The van der Waals surface area contributed by atoms with E-state index in [1.807, 2.05) is 42.3 Å². The summed E-state index contributed by atoms with van der Waals surface area (Å²) < 4.78 is 0. The largest absolute Gasteiger partial charge is 0.329 e. The van der Waals surface area contributed by atoms with Crippen molar-refractivity contribution < 1.29 is 4.79 Å². The minimum Gasteiger partial charge on any atom is -0.329 e. The summed E-state index contributed by atoms with van der Waals surface area (Å²) in [5, 5.41) is 0. The second-order valence-electron chi connectivity index (χ2n) is 3.31. The fourth-order valence-electron chi connectivity index (χ4n) is 1.39. The highest BCUT2D eigenvalue weighted by Gasteiger charge is 2.05. The number of rotatable bonds is 3. The van der Waals surface area contributed by atoms with Gasteiger partial charge in [-0.15, -0.1) is 0 Å². The standard InChI is InChI=1S/C12H11N3O/c1-15(11-5-3-2-4-6-11)12-7-10(8-16)13-9-14-12/h2-9H,1H3. The first-order valence-electron chi connectivity index (χ1n) is 4.87. The number of carbonyl (C=O) groups is 1. The van der Waals surface area contributed by atoms with Crippen molar-refractivity contribution in [1.82, 2.24) is 9.97 Å². The zero-order valence-electron chi connectivity index (χ0n) is 8.87. The van der Waals surface area contributed by atoms with Crippen molar-refractivity contribution >= 4 is 17.8 Å². The lowest BCUT2D eigenvalue weighted by Crippen LogP contribution is -2.11. The molecule has 0 fully saturated rings. The van der Waals surface area contributed by atoms with E-state index in [9.17, 15) is 4.79 Å². The molecule has 0 aliphatic carbocycles. The molecule has 0 N–H and O–H groups in total. The molecule has 0 saturated heterocycles. The molecule has 0 spiro atoms. The molecule has 4 heteroatoms. The van der Waals surface area contributed by atoms with Gasteiger partial charge < -0.3 is 4.90 Å². The Morgan fingerprint density at radius 2 is 1.94 bits per heavy atom. The molecule has 0 saturated carbocycles. The van der Waals surface area contributed by atoms with E-state index < -0.39 is 0 Å². The van der Waals surface area contributed by atoms with Crippen LogP contribution in [0.4, 0.5) is 11.5 Å². The third-order valence-electron chi connectivity index (χ3n) is 2.28. The Kier molecular flexibility index (Phi) is 2.91. The molecule has 80 valence electrons. The monoisotopic (exact) mass is 213 g/mol. The molecule has 2 rings (SSSR count). The molecule has 16 heavy (non-hydrogen) atoms. The van der Waals surface area contributed by atoms with Gasteiger partial charge >= 0.3 is 0 Å².